The first-order chi connectivity index (χ1) is 11.9. The van der Waals surface area contributed by atoms with Gasteiger partial charge in [0.25, 0.3) is 11.6 Å². The molecule has 8 nitrogen and oxygen atoms in total. The van der Waals surface area contributed by atoms with E-state index >= 15 is 0 Å². The number of hydrogen-bond donors (Lipinski definition) is 2. The van der Waals surface area contributed by atoms with E-state index in [2.05, 4.69) is 26.5 Å². The van der Waals surface area contributed by atoms with Gasteiger partial charge >= 0.3 is 0 Å². The predicted molar refractivity (Wildman–Crippen MR) is 94.9 cm³/mol. The van der Waals surface area contributed by atoms with Gasteiger partial charge in [-0.1, -0.05) is 15.9 Å². The highest BCUT2D eigenvalue weighted by molar-refractivity contribution is 9.10. The van der Waals surface area contributed by atoms with Gasteiger partial charge in [-0.3, -0.25) is 14.9 Å². The maximum absolute atomic E-state index is 11.7. The van der Waals surface area contributed by atoms with Crippen LogP contribution in [0.3, 0.4) is 0 Å². The summed E-state index contributed by atoms with van der Waals surface area (Å²) < 4.78 is 6.29. The highest BCUT2D eigenvalue weighted by Gasteiger charge is 2.09. The van der Waals surface area contributed by atoms with Crippen LogP contribution in [0.25, 0.3) is 0 Å². The number of carbonyl (C=O) groups is 1. The smallest absolute Gasteiger partial charge is 0.277 e. The second-order valence-corrected chi connectivity index (χ2v) is 5.91. The van der Waals surface area contributed by atoms with Crippen LogP contribution < -0.4 is 10.2 Å². The van der Waals surface area contributed by atoms with Gasteiger partial charge in [-0.2, -0.15) is 5.10 Å². The second kappa shape index (κ2) is 8.25. The number of nitrogens with one attached hydrogen (secondary N) is 1. The van der Waals surface area contributed by atoms with E-state index in [1.165, 1.54) is 12.1 Å². The quantitative estimate of drug-likeness (QED) is 0.434. The number of nitro benzene ring substituents is 1. The Hall–Kier alpha value is -2.94. The summed E-state index contributed by atoms with van der Waals surface area (Å²) in [5.41, 5.74) is 3.01. The van der Waals surface area contributed by atoms with E-state index in [0.29, 0.717) is 5.75 Å². The minimum absolute atomic E-state index is 0.110. The molecular weight excluding hydrogens is 394 g/mol. The third-order valence-electron chi connectivity index (χ3n) is 3.11. The van der Waals surface area contributed by atoms with Gasteiger partial charge in [-0.25, -0.2) is 5.43 Å². The molecule has 0 fully saturated rings. The van der Waals surface area contributed by atoms with Crippen molar-refractivity contribution in [2.75, 3.05) is 6.61 Å². The van der Waals surface area contributed by atoms with Crippen molar-refractivity contribution in [1.82, 2.24) is 5.43 Å². The molecule has 25 heavy (non-hydrogen) atoms. The molecule has 0 aliphatic carbocycles. The Bertz CT molecular complexity index is 839. The van der Waals surface area contributed by atoms with Gasteiger partial charge in [0.05, 0.1) is 11.1 Å². The largest absolute Gasteiger partial charge is 0.507 e. The van der Waals surface area contributed by atoms with E-state index in [9.17, 15) is 20.0 Å². The van der Waals surface area contributed by atoms with Crippen molar-refractivity contribution in [2.24, 2.45) is 5.10 Å². The standard InChI is InChI=1S/C16H14BrN3O5/c1-10-6-12(17)2-5-15(10)25-9-16(22)19-18-8-11-7-13(20(23)24)3-4-14(11)21/h2-8,21H,9H2,1H3,(H,19,22)/b18-8+. The number of carbonyl (C=O) groups excluding carboxylic acids is 1. The third-order valence-corrected chi connectivity index (χ3v) is 3.60. The number of phenols is 1. The number of rotatable bonds is 6. The van der Waals surface area contributed by atoms with E-state index in [0.717, 1.165) is 22.3 Å². The van der Waals surface area contributed by atoms with Crippen molar-refractivity contribution in [3.8, 4) is 11.5 Å². The first kappa shape index (κ1) is 18.4. The summed E-state index contributed by atoms with van der Waals surface area (Å²) in [6, 6.07) is 8.88. The average molecular weight is 408 g/mol. The summed E-state index contributed by atoms with van der Waals surface area (Å²) in [7, 11) is 0. The Balaban J connectivity index is 1.92. The van der Waals surface area contributed by atoms with E-state index < -0.39 is 10.8 Å². The Morgan fingerprint density at radius 2 is 2.16 bits per heavy atom. The van der Waals surface area contributed by atoms with Crippen molar-refractivity contribution in [1.29, 1.82) is 0 Å². The van der Waals surface area contributed by atoms with Crippen molar-refractivity contribution in [3.05, 3.63) is 62.1 Å². The number of hydrazone groups is 1. The summed E-state index contributed by atoms with van der Waals surface area (Å²) in [4.78, 5) is 21.8. The Labute approximate surface area is 151 Å². The monoisotopic (exact) mass is 407 g/mol. The van der Waals surface area contributed by atoms with Crippen LogP contribution in [0.15, 0.2) is 46.0 Å². The molecule has 0 radical (unpaired) electrons. The minimum Gasteiger partial charge on any atom is -0.507 e. The van der Waals surface area contributed by atoms with Crippen LogP contribution in [0.4, 0.5) is 5.69 Å². The highest BCUT2D eigenvalue weighted by Crippen LogP contribution is 2.22. The van der Waals surface area contributed by atoms with E-state index in [-0.39, 0.29) is 23.6 Å². The number of non-ortho nitro benzene ring substituents is 1. The van der Waals surface area contributed by atoms with E-state index in [4.69, 9.17) is 4.74 Å². The lowest BCUT2D eigenvalue weighted by Gasteiger charge is -2.08. The van der Waals surface area contributed by atoms with Crippen LogP contribution in [-0.2, 0) is 4.79 Å². The number of benzene rings is 2. The lowest BCUT2D eigenvalue weighted by Crippen LogP contribution is -2.24. The van der Waals surface area contributed by atoms with Crippen LogP contribution in [0.1, 0.15) is 11.1 Å². The van der Waals surface area contributed by atoms with Crippen LogP contribution in [0, 0.1) is 17.0 Å². The second-order valence-electron chi connectivity index (χ2n) is 4.99. The van der Waals surface area contributed by atoms with Gasteiger partial charge in [-0.05, 0) is 36.8 Å². The van der Waals surface area contributed by atoms with Crippen LogP contribution in [-0.4, -0.2) is 28.8 Å². The fraction of sp³-hybridized carbons (Fsp3) is 0.125. The number of nitro groups is 1. The first-order valence-corrected chi connectivity index (χ1v) is 7.84. The van der Waals surface area contributed by atoms with Gasteiger partial charge in [-0.15, -0.1) is 0 Å². The number of hydrogen-bond acceptors (Lipinski definition) is 6. The fourth-order valence-electron chi connectivity index (χ4n) is 1.88. The molecule has 0 unspecified atom stereocenters. The summed E-state index contributed by atoms with van der Waals surface area (Å²) in [6.45, 7) is 1.60. The molecule has 1 amide bonds. The zero-order valence-electron chi connectivity index (χ0n) is 13.1. The average Bonchev–Trinajstić information content (AvgIpc) is 2.55. The molecule has 0 atom stereocenters. The topological polar surface area (TPSA) is 114 Å². The molecular formula is C16H14BrN3O5. The lowest BCUT2D eigenvalue weighted by molar-refractivity contribution is -0.384. The number of nitrogens with zero attached hydrogens (tertiary/aromatic N) is 2. The third kappa shape index (κ3) is 5.28. The SMILES string of the molecule is Cc1cc(Br)ccc1OCC(=O)N/N=C/c1cc([N+](=O)[O-])ccc1O. The number of aryl methyl sites for hydroxylation is 1. The maximum Gasteiger partial charge on any atom is 0.277 e. The molecule has 0 heterocycles. The predicted octanol–water partition coefficient (Wildman–Crippen LogP) is 2.90. The van der Waals surface area contributed by atoms with Crippen molar-refractivity contribution < 1.29 is 19.6 Å². The van der Waals surface area contributed by atoms with Crippen molar-refractivity contribution >= 4 is 33.7 Å². The first-order valence-electron chi connectivity index (χ1n) is 7.05. The number of aromatic hydroxyl groups is 1. The molecule has 0 saturated carbocycles. The van der Waals surface area contributed by atoms with Gasteiger partial charge in [0.2, 0.25) is 0 Å². The number of halogens is 1. The van der Waals surface area contributed by atoms with Gasteiger partial charge in [0.15, 0.2) is 6.61 Å². The lowest BCUT2D eigenvalue weighted by atomic mass is 10.2. The van der Waals surface area contributed by atoms with E-state index in [1.807, 2.05) is 13.0 Å². The Morgan fingerprint density at radius 3 is 2.84 bits per heavy atom. The Kier molecular flexibility index (Phi) is 6.07. The molecule has 0 aliphatic heterocycles. The van der Waals surface area contributed by atoms with Crippen molar-refractivity contribution in [3.63, 3.8) is 0 Å². The molecule has 2 N–H and O–H groups in total. The summed E-state index contributed by atoms with van der Waals surface area (Å²) in [5, 5.41) is 24.0. The van der Waals surface area contributed by atoms with Crippen LogP contribution in [0.5, 0.6) is 11.5 Å². The van der Waals surface area contributed by atoms with Crippen LogP contribution >= 0.6 is 15.9 Å². The number of phenolic OH excluding ortho intramolecular Hbond substituents is 1. The van der Waals surface area contributed by atoms with Crippen molar-refractivity contribution in [2.45, 2.75) is 6.92 Å². The molecule has 0 aliphatic rings. The molecule has 0 saturated heterocycles. The molecule has 2 rings (SSSR count). The summed E-state index contributed by atoms with van der Waals surface area (Å²) in [6.07, 6.45) is 1.12. The molecule has 130 valence electrons. The molecule has 9 heteroatoms. The summed E-state index contributed by atoms with van der Waals surface area (Å²) in [5.74, 6) is -0.132. The fourth-order valence-corrected chi connectivity index (χ4v) is 2.36. The minimum atomic E-state index is -0.594. The van der Waals surface area contributed by atoms with Gasteiger partial charge in [0.1, 0.15) is 11.5 Å². The van der Waals surface area contributed by atoms with Gasteiger partial charge in [0, 0.05) is 22.2 Å². The van der Waals surface area contributed by atoms with Gasteiger partial charge < -0.3 is 9.84 Å². The molecule has 0 spiro atoms. The van der Waals surface area contributed by atoms with Crippen LogP contribution in [0.2, 0.25) is 0 Å². The zero-order valence-corrected chi connectivity index (χ0v) is 14.7. The summed E-state index contributed by atoms with van der Waals surface area (Å²) >= 11 is 3.34. The number of amides is 1. The molecule has 0 bridgehead atoms. The zero-order chi connectivity index (χ0) is 18.4. The number of ether oxygens (including phenoxy) is 1. The van der Waals surface area contributed by atoms with E-state index in [1.54, 1.807) is 12.1 Å². The maximum atomic E-state index is 11.7. The highest BCUT2D eigenvalue weighted by atomic mass is 79.9. The Morgan fingerprint density at radius 1 is 1.40 bits per heavy atom. The molecule has 0 aromatic heterocycles. The molecule has 2 aromatic rings. The normalized spacial score (nSPS) is 10.6. The molecule has 2 aromatic carbocycles.